The van der Waals surface area contributed by atoms with E-state index in [9.17, 15) is 0 Å². The minimum absolute atomic E-state index is 0.416. The minimum Gasteiger partial charge on any atom is -0.333 e. The summed E-state index contributed by atoms with van der Waals surface area (Å²) in [5.41, 5.74) is 0. The molecule has 0 radical (unpaired) electrons. The molecule has 16 heavy (non-hydrogen) atoms. The lowest BCUT2D eigenvalue weighted by Crippen LogP contribution is -2.27. The van der Waals surface area contributed by atoms with E-state index in [-0.39, 0.29) is 0 Å². The first-order chi connectivity index (χ1) is 7.93. The third-order valence-electron chi connectivity index (χ3n) is 2.72. The molecule has 0 spiro atoms. The van der Waals surface area contributed by atoms with Crippen molar-refractivity contribution in [1.82, 2.24) is 25.0 Å². The second-order valence-electron chi connectivity index (χ2n) is 3.76. The van der Waals surface area contributed by atoms with Crippen LogP contribution in [0.4, 0.5) is 0 Å². The quantitative estimate of drug-likeness (QED) is 0.841. The van der Waals surface area contributed by atoms with Gasteiger partial charge in [-0.3, -0.25) is 0 Å². The molecule has 0 unspecified atom stereocenters. The number of rotatable bonds is 2. The van der Waals surface area contributed by atoms with E-state index in [1.165, 1.54) is 11.5 Å². The third-order valence-corrected chi connectivity index (χ3v) is 3.37. The van der Waals surface area contributed by atoms with Gasteiger partial charge in [0.15, 0.2) is 5.82 Å². The average Bonchev–Trinajstić information content (AvgIpc) is 3.01. The van der Waals surface area contributed by atoms with Crippen LogP contribution in [0.2, 0.25) is 0 Å². The van der Waals surface area contributed by atoms with E-state index < -0.39 is 0 Å². The van der Waals surface area contributed by atoms with Crippen molar-refractivity contribution in [2.45, 2.75) is 18.8 Å². The number of aromatic nitrogens is 4. The normalized spacial score (nSPS) is 17.8. The fourth-order valence-electron chi connectivity index (χ4n) is 1.84. The van der Waals surface area contributed by atoms with Gasteiger partial charge in [0.05, 0.1) is 6.20 Å². The molecule has 0 atom stereocenters. The molecular weight excluding hydrogens is 226 g/mol. The summed E-state index contributed by atoms with van der Waals surface area (Å²) in [5, 5.41) is 11.1. The van der Waals surface area contributed by atoms with Crippen molar-refractivity contribution in [2.24, 2.45) is 0 Å². The van der Waals surface area contributed by atoms with Crippen molar-refractivity contribution in [3.05, 3.63) is 12.0 Å². The van der Waals surface area contributed by atoms with Crippen LogP contribution in [-0.4, -0.2) is 32.8 Å². The maximum absolute atomic E-state index is 5.21. The Bertz CT molecular complexity index is 448. The maximum Gasteiger partial charge on any atom is 0.271 e. The van der Waals surface area contributed by atoms with E-state index in [0.29, 0.717) is 11.8 Å². The fraction of sp³-hybridized carbons (Fsp3) is 0.556. The van der Waals surface area contributed by atoms with Crippen molar-refractivity contribution in [2.75, 3.05) is 13.1 Å². The number of piperidine rings is 1. The lowest BCUT2D eigenvalue weighted by Gasteiger charge is -2.18. The fourth-order valence-corrected chi connectivity index (χ4v) is 2.28. The molecule has 6 nitrogen and oxygen atoms in total. The highest BCUT2D eigenvalue weighted by molar-refractivity contribution is 7.09. The van der Waals surface area contributed by atoms with E-state index in [0.717, 1.165) is 36.6 Å². The SMILES string of the molecule is c1nnsc1-c1nc(C2CCNCC2)no1. The summed E-state index contributed by atoms with van der Waals surface area (Å²) in [4.78, 5) is 5.23. The van der Waals surface area contributed by atoms with E-state index in [1.807, 2.05) is 0 Å². The van der Waals surface area contributed by atoms with Gasteiger partial charge in [0.1, 0.15) is 4.88 Å². The summed E-state index contributed by atoms with van der Waals surface area (Å²) in [7, 11) is 0. The summed E-state index contributed by atoms with van der Waals surface area (Å²) in [6.45, 7) is 2.05. The molecule has 0 saturated carbocycles. The monoisotopic (exact) mass is 237 g/mol. The summed E-state index contributed by atoms with van der Waals surface area (Å²) in [6.07, 6.45) is 3.78. The smallest absolute Gasteiger partial charge is 0.271 e. The zero-order chi connectivity index (χ0) is 10.8. The molecule has 0 amide bonds. The van der Waals surface area contributed by atoms with Crippen LogP contribution in [0.15, 0.2) is 10.7 Å². The van der Waals surface area contributed by atoms with Gasteiger partial charge in [-0.25, -0.2) is 0 Å². The van der Waals surface area contributed by atoms with E-state index in [4.69, 9.17) is 4.52 Å². The maximum atomic E-state index is 5.21. The molecule has 1 saturated heterocycles. The van der Waals surface area contributed by atoms with E-state index in [2.05, 4.69) is 25.0 Å². The van der Waals surface area contributed by atoms with Gasteiger partial charge in [0.25, 0.3) is 5.89 Å². The Hall–Kier alpha value is -1.34. The molecule has 0 aromatic carbocycles. The van der Waals surface area contributed by atoms with Gasteiger partial charge in [-0.2, -0.15) is 4.98 Å². The highest BCUT2D eigenvalue weighted by Gasteiger charge is 2.21. The predicted molar refractivity (Wildman–Crippen MR) is 58.0 cm³/mol. The van der Waals surface area contributed by atoms with Crippen molar-refractivity contribution in [3.63, 3.8) is 0 Å². The summed E-state index contributed by atoms with van der Waals surface area (Å²) in [6, 6.07) is 0. The molecule has 1 N–H and O–H groups in total. The molecule has 0 bridgehead atoms. The zero-order valence-corrected chi connectivity index (χ0v) is 9.40. The lowest BCUT2D eigenvalue weighted by atomic mass is 9.98. The first-order valence-electron chi connectivity index (χ1n) is 5.25. The zero-order valence-electron chi connectivity index (χ0n) is 8.59. The standard InChI is InChI=1S/C9H11N5OS/c1-3-10-4-2-6(1)8-12-9(15-13-8)7-5-11-14-16-7/h5-6,10H,1-4H2. The van der Waals surface area contributed by atoms with Crippen molar-refractivity contribution in [3.8, 4) is 10.8 Å². The molecule has 3 rings (SSSR count). The molecule has 84 valence electrons. The highest BCUT2D eigenvalue weighted by atomic mass is 32.1. The molecule has 1 aliphatic heterocycles. The second kappa shape index (κ2) is 4.26. The molecule has 7 heteroatoms. The average molecular weight is 237 g/mol. The van der Waals surface area contributed by atoms with Gasteiger partial charge < -0.3 is 9.84 Å². The third kappa shape index (κ3) is 1.83. The van der Waals surface area contributed by atoms with Crippen LogP contribution in [0.3, 0.4) is 0 Å². The second-order valence-corrected chi connectivity index (χ2v) is 4.55. The topological polar surface area (TPSA) is 76.7 Å². The largest absolute Gasteiger partial charge is 0.333 e. The molecule has 3 heterocycles. The molecule has 0 aliphatic carbocycles. The number of hydrogen-bond acceptors (Lipinski definition) is 7. The molecule has 1 aliphatic rings. The highest BCUT2D eigenvalue weighted by Crippen LogP contribution is 2.26. The van der Waals surface area contributed by atoms with Gasteiger partial charge in [0, 0.05) is 5.92 Å². The van der Waals surface area contributed by atoms with Gasteiger partial charge in [-0.05, 0) is 37.5 Å². The first-order valence-corrected chi connectivity index (χ1v) is 6.03. The van der Waals surface area contributed by atoms with Crippen molar-refractivity contribution in [1.29, 1.82) is 0 Å². The van der Waals surface area contributed by atoms with Gasteiger partial charge in [-0.1, -0.05) is 9.64 Å². The van der Waals surface area contributed by atoms with Crippen LogP contribution in [0.1, 0.15) is 24.6 Å². The Labute approximate surface area is 96.2 Å². The van der Waals surface area contributed by atoms with Gasteiger partial charge in [-0.15, -0.1) is 5.10 Å². The van der Waals surface area contributed by atoms with Gasteiger partial charge in [0.2, 0.25) is 0 Å². The van der Waals surface area contributed by atoms with Crippen LogP contribution in [-0.2, 0) is 0 Å². The van der Waals surface area contributed by atoms with Gasteiger partial charge >= 0.3 is 0 Å². The Balaban J connectivity index is 1.82. The Morgan fingerprint density at radius 1 is 1.38 bits per heavy atom. The first kappa shape index (κ1) is 9.86. The lowest BCUT2D eigenvalue weighted by molar-refractivity contribution is 0.392. The van der Waals surface area contributed by atoms with Crippen LogP contribution in [0.25, 0.3) is 10.8 Å². The predicted octanol–water partition coefficient (Wildman–Crippen LogP) is 1.06. The molecule has 2 aromatic heterocycles. The Morgan fingerprint density at radius 3 is 3.00 bits per heavy atom. The summed E-state index contributed by atoms with van der Waals surface area (Å²) in [5.74, 6) is 1.76. The van der Waals surface area contributed by atoms with E-state index >= 15 is 0 Å². The Morgan fingerprint density at radius 2 is 2.25 bits per heavy atom. The van der Waals surface area contributed by atoms with Crippen LogP contribution >= 0.6 is 11.5 Å². The Kier molecular flexibility index (Phi) is 2.63. The molecule has 1 fully saturated rings. The molecular formula is C9H11N5OS. The summed E-state index contributed by atoms with van der Waals surface area (Å²) >= 11 is 1.27. The van der Waals surface area contributed by atoms with E-state index in [1.54, 1.807) is 6.20 Å². The minimum atomic E-state index is 0.416. The number of nitrogens with zero attached hydrogens (tertiary/aromatic N) is 4. The number of nitrogens with one attached hydrogen (secondary N) is 1. The van der Waals surface area contributed by atoms with Crippen molar-refractivity contribution >= 4 is 11.5 Å². The number of hydrogen-bond donors (Lipinski definition) is 1. The van der Waals surface area contributed by atoms with Crippen LogP contribution in [0, 0.1) is 0 Å². The van der Waals surface area contributed by atoms with Crippen LogP contribution in [0.5, 0.6) is 0 Å². The van der Waals surface area contributed by atoms with Crippen molar-refractivity contribution < 1.29 is 4.52 Å². The van der Waals surface area contributed by atoms with Crippen LogP contribution < -0.4 is 5.32 Å². The summed E-state index contributed by atoms with van der Waals surface area (Å²) < 4.78 is 8.99. The molecule has 2 aromatic rings.